The van der Waals surface area contributed by atoms with E-state index in [0.717, 1.165) is 37.1 Å². The Bertz CT molecular complexity index is 1340. The zero-order valence-corrected chi connectivity index (χ0v) is 17.9. The summed E-state index contributed by atoms with van der Waals surface area (Å²) < 4.78 is 3.48. The fourth-order valence-corrected chi connectivity index (χ4v) is 4.55. The van der Waals surface area contributed by atoms with Crippen molar-refractivity contribution in [1.29, 1.82) is 0 Å². The molecule has 158 valence electrons. The van der Waals surface area contributed by atoms with E-state index in [4.69, 9.17) is 4.98 Å². The molecule has 3 aromatic heterocycles. The molecule has 0 spiro atoms. The first kappa shape index (κ1) is 19.5. The minimum atomic E-state index is -0.142. The lowest BCUT2D eigenvalue weighted by Crippen LogP contribution is -2.40. The lowest BCUT2D eigenvalue weighted by molar-refractivity contribution is 0.0673. The van der Waals surface area contributed by atoms with Crippen LogP contribution in [-0.2, 0) is 6.54 Å². The number of rotatable bonds is 3. The van der Waals surface area contributed by atoms with E-state index in [2.05, 4.69) is 6.92 Å². The van der Waals surface area contributed by atoms with Gasteiger partial charge in [-0.1, -0.05) is 43.3 Å². The van der Waals surface area contributed by atoms with Crippen LogP contribution in [0.1, 0.15) is 41.4 Å². The number of pyridine rings is 1. The van der Waals surface area contributed by atoms with Gasteiger partial charge < -0.3 is 9.47 Å². The van der Waals surface area contributed by atoms with Gasteiger partial charge in [0.2, 0.25) is 0 Å². The summed E-state index contributed by atoms with van der Waals surface area (Å²) in [4.78, 5) is 33.6. The Hall–Kier alpha value is -3.41. The Morgan fingerprint density at radius 3 is 2.74 bits per heavy atom. The number of fused-ring (bicyclic) bond motifs is 2. The Balaban J connectivity index is 1.71. The highest BCUT2D eigenvalue weighted by atomic mass is 16.2. The second-order valence-corrected chi connectivity index (χ2v) is 8.69. The number of piperidine rings is 1. The third-order valence-electron chi connectivity index (χ3n) is 6.16. The number of benzene rings is 1. The van der Waals surface area contributed by atoms with Crippen molar-refractivity contribution >= 4 is 22.6 Å². The van der Waals surface area contributed by atoms with Crippen LogP contribution in [0.15, 0.2) is 59.5 Å². The Labute approximate surface area is 180 Å². The van der Waals surface area contributed by atoms with Gasteiger partial charge in [-0.3, -0.25) is 14.0 Å². The van der Waals surface area contributed by atoms with Gasteiger partial charge >= 0.3 is 0 Å². The fraction of sp³-hybridized carbons (Fsp3) is 0.320. The standard InChI is InChI=1S/C25H26N4O2/c1-17-7-6-12-27(14-17)25(31)21-13-20-23(28(21)16-19-8-4-3-5-9-19)26-22-11-10-18(2)15-29(22)24(20)30/h3-5,8-11,13,15,17H,6-7,12,14,16H2,1-2H3/t17-/m0/s1. The first-order valence-electron chi connectivity index (χ1n) is 10.9. The van der Waals surface area contributed by atoms with Crippen LogP contribution in [0.4, 0.5) is 0 Å². The molecule has 1 atom stereocenters. The van der Waals surface area contributed by atoms with Crippen molar-refractivity contribution in [3.05, 3.63) is 81.9 Å². The van der Waals surface area contributed by atoms with Crippen molar-refractivity contribution in [3.8, 4) is 0 Å². The predicted octanol–water partition coefficient (Wildman–Crippen LogP) is 3.88. The molecule has 6 nitrogen and oxygen atoms in total. The molecule has 1 aromatic carbocycles. The maximum Gasteiger partial charge on any atom is 0.270 e. The summed E-state index contributed by atoms with van der Waals surface area (Å²) in [5.74, 6) is 0.462. The highest BCUT2D eigenvalue weighted by molar-refractivity contribution is 5.98. The van der Waals surface area contributed by atoms with Gasteiger partial charge in [0.25, 0.3) is 11.5 Å². The highest BCUT2D eigenvalue weighted by Gasteiger charge is 2.27. The van der Waals surface area contributed by atoms with Crippen molar-refractivity contribution < 1.29 is 4.79 Å². The number of likely N-dealkylation sites (tertiary alicyclic amines) is 1. The molecule has 0 aliphatic carbocycles. The summed E-state index contributed by atoms with van der Waals surface area (Å²) in [6, 6.07) is 15.5. The van der Waals surface area contributed by atoms with Gasteiger partial charge in [-0.05, 0) is 48.9 Å². The van der Waals surface area contributed by atoms with Gasteiger partial charge in [-0.15, -0.1) is 0 Å². The molecule has 0 N–H and O–H groups in total. The van der Waals surface area contributed by atoms with Crippen molar-refractivity contribution in [2.24, 2.45) is 5.92 Å². The largest absolute Gasteiger partial charge is 0.337 e. The van der Waals surface area contributed by atoms with Crippen LogP contribution in [0.2, 0.25) is 0 Å². The molecule has 5 rings (SSSR count). The van der Waals surface area contributed by atoms with Crippen LogP contribution in [0, 0.1) is 12.8 Å². The fourth-order valence-electron chi connectivity index (χ4n) is 4.55. The second kappa shape index (κ2) is 7.69. The van der Waals surface area contributed by atoms with Crippen LogP contribution in [-0.4, -0.2) is 37.8 Å². The molecule has 1 amide bonds. The normalized spacial score (nSPS) is 16.8. The highest BCUT2D eigenvalue weighted by Crippen LogP contribution is 2.23. The Morgan fingerprint density at radius 2 is 1.97 bits per heavy atom. The monoisotopic (exact) mass is 414 g/mol. The number of aryl methyl sites for hydroxylation is 1. The number of amides is 1. The molecular weight excluding hydrogens is 388 g/mol. The van der Waals surface area contributed by atoms with Crippen molar-refractivity contribution in [3.63, 3.8) is 0 Å². The molecule has 0 radical (unpaired) electrons. The van der Waals surface area contributed by atoms with E-state index < -0.39 is 0 Å². The third-order valence-corrected chi connectivity index (χ3v) is 6.16. The second-order valence-electron chi connectivity index (χ2n) is 8.69. The zero-order chi connectivity index (χ0) is 21.5. The molecule has 0 unspecified atom stereocenters. The van der Waals surface area contributed by atoms with E-state index in [9.17, 15) is 9.59 Å². The van der Waals surface area contributed by atoms with Gasteiger partial charge in [0.15, 0.2) is 0 Å². The maximum atomic E-state index is 13.6. The van der Waals surface area contributed by atoms with Crippen molar-refractivity contribution in [2.45, 2.75) is 33.2 Å². The third kappa shape index (κ3) is 3.52. The predicted molar refractivity (Wildman–Crippen MR) is 122 cm³/mol. The average molecular weight is 415 g/mol. The molecule has 4 heterocycles. The molecule has 1 saturated heterocycles. The maximum absolute atomic E-state index is 13.6. The van der Waals surface area contributed by atoms with E-state index in [-0.39, 0.29) is 11.5 Å². The number of carbonyl (C=O) groups excluding carboxylic acids is 1. The molecule has 1 aliphatic rings. The zero-order valence-electron chi connectivity index (χ0n) is 17.9. The topological polar surface area (TPSA) is 59.6 Å². The van der Waals surface area contributed by atoms with Crippen LogP contribution < -0.4 is 5.56 Å². The summed E-state index contributed by atoms with van der Waals surface area (Å²) in [6.45, 7) is 6.12. The molecule has 31 heavy (non-hydrogen) atoms. The molecule has 1 aliphatic heterocycles. The minimum absolute atomic E-state index is 0.0230. The van der Waals surface area contributed by atoms with Crippen LogP contribution in [0.3, 0.4) is 0 Å². The molecule has 1 fully saturated rings. The minimum Gasteiger partial charge on any atom is -0.337 e. The van der Waals surface area contributed by atoms with E-state index in [1.54, 1.807) is 16.7 Å². The average Bonchev–Trinajstić information content (AvgIpc) is 3.13. The number of aromatic nitrogens is 3. The van der Waals surface area contributed by atoms with Crippen molar-refractivity contribution in [1.82, 2.24) is 18.9 Å². The summed E-state index contributed by atoms with van der Waals surface area (Å²) in [5, 5.41) is 0.479. The summed E-state index contributed by atoms with van der Waals surface area (Å²) in [6.07, 6.45) is 3.95. The van der Waals surface area contributed by atoms with Gasteiger partial charge in [0, 0.05) is 25.8 Å². The van der Waals surface area contributed by atoms with Crippen LogP contribution in [0.25, 0.3) is 16.7 Å². The van der Waals surface area contributed by atoms with E-state index in [1.165, 1.54) is 0 Å². The number of hydrogen-bond donors (Lipinski definition) is 0. The van der Waals surface area contributed by atoms with E-state index in [1.807, 2.05) is 58.9 Å². The van der Waals surface area contributed by atoms with Crippen molar-refractivity contribution in [2.75, 3.05) is 13.1 Å². The van der Waals surface area contributed by atoms with Crippen LogP contribution in [0.5, 0.6) is 0 Å². The summed E-state index contributed by atoms with van der Waals surface area (Å²) in [7, 11) is 0. The molecular formula is C25H26N4O2. The van der Waals surface area contributed by atoms with Crippen LogP contribution >= 0.6 is 0 Å². The first-order valence-corrected chi connectivity index (χ1v) is 10.9. The Kier molecular flexibility index (Phi) is 4.85. The van der Waals surface area contributed by atoms with E-state index >= 15 is 0 Å². The van der Waals surface area contributed by atoms with Gasteiger partial charge in [0.1, 0.15) is 17.0 Å². The lowest BCUT2D eigenvalue weighted by Gasteiger charge is -2.31. The molecule has 0 saturated carbocycles. The lowest BCUT2D eigenvalue weighted by atomic mass is 10.00. The SMILES string of the molecule is Cc1ccc2nc3c(cc(C(=O)N4CCC[C@H](C)C4)n3Cc3ccccc3)c(=O)n2c1. The first-order chi connectivity index (χ1) is 15.0. The molecule has 0 bridgehead atoms. The summed E-state index contributed by atoms with van der Waals surface area (Å²) in [5.41, 5.74) is 3.58. The summed E-state index contributed by atoms with van der Waals surface area (Å²) >= 11 is 0. The number of nitrogens with zero attached hydrogens (tertiary/aromatic N) is 4. The van der Waals surface area contributed by atoms with Gasteiger partial charge in [0.05, 0.1) is 5.39 Å². The number of carbonyl (C=O) groups is 1. The molecule has 4 aromatic rings. The Morgan fingerprint density at radius 1 is 1.16 bits per heavy atom. The van der Waals surface area contributed by atoms with Gasteiger partial charge in [-0.2, -0.15) is 0 Å². The van der Waals surface area contributed by atoms with Gasteiger partial charge in [-0.25, -0.2) is 4.98 Å². The quantitative estimate of drug-likeness (QED) is 0.511. The number of hydrogen-bond acceptors (Lipinski definition) is 3. The van der Waals surface area contributed by atoms with E-state index in [0.29, 0.717) is 34.8 Å². The smallest absolute Gasteiger partial charge is 0.270 e. The molecule has 6 heteroatoms.